The van der Waals surface area contributed by atoms with E-state index in [1.807, 2.05) is 38.2 Å². The fourth-order valence-corrected chi connectivity index (χ4v) is 3.12. The van der Waals surface area contributed by atoms with Crippen LogP contribution in [0.5, 0.6) is 0 Å². The molecule has 0 bridgehead atoms. The molecule has 3 rings (SSSR count). The number of rotatable bonds is 4. The van der Waals surface area contributed by atoms with Gasteiger partial charge in [0.2, 0.25) is 5.91 Å². The molecule has 0 aliphatic carbocycles. The molecule has 0 spiro atoms. The zero-order valence-electron chi connectivity index (χ0n) is 13.7. The van der Waals surface area contributed by atoms with Crippen molar-refractivity contribution in [1.82, 2.24) is 20.5 Å². The molecule has 23 heavy (non-hydrogen) atoms. The van der Waals surface area contributed by atoms with Gasteiger partial charge >= 0.3 is 0 Å². The van der Waals surface area contributed by atoms with Crippen LogP contribution in [0.4, 0.5) is 5.82 Å². The summed E-state index contributed by atoms with van der Waals surface area (Å²) in [5, 5.41) is 10.2. The van der Waals surface area contributed by atoms with Crippen LogP contribution in [0.1, 0.15) is 29.8 Å². The zero-order chi connectivity index (χ0) is 16.2. The highest BCUT2D eigenvalue weighted by molar-refractivity contribution is 5.79. The molecule has 1 aliphatic heterocycles. The van der Waals surface area contributed by atoms with Crippen LogP contribution >= 0.6 is 0 Å². The first-order valence-electron chi connectivity index (χ1n) is 8.09. The number of piperidine rings is 1. The van der Waals surface area contributed by atoms with Gasteiger partial charge in [0, 0.05) is 36.6 Å². The molecule has 6 heteroatoms. The third-order valence-corrected chi connectivity index (χ3v) is 4.38. The molecule has 1 atom stereocenters. The Balaban J connectivity index is 1.58. The Morgan fingerprint density at radius 2 is 2.30 bits per heavy atom. The summed E-state index contributed by atoms with van der Waals surface area (Å²) in [5.41, 5.74) is 2.87. The molecule has 2 aromatic rings. The summed E-state index contributed by atoms with van der Waals surface area (Å²) in [4.78, 5) is 19.0. The van der Waals surface area contributed by atoms with Gasteiger partial charge in [0.15, 0.2) is 0 Å². The number of H-pyrrole nitrogens is 1. The lowest BCUT2D eigenvalue weighted by Gasteiger charge is -2.34. The van der Waals surface area contributed by atoms with Gasteiger partial charge in [-0.3, -0.25) is 9.89 Å². The number of aromatic amines is 1. The van der Waals surface area contributed by atoms with Crippen LogP contribution in [0.25, 0.3) is 0 Å². The maximum atomic E-state index is 12.3. The minimum atomic E-state index is 0.0606. The Kier molecular flexibility index (Phi) is 4.60. The van der Waals surface area contributed by atoms with Gasteiger partial charge in [0.25, 0.3) is 0 Å². The van der Waals surface area contributed by atoms with Gasteiger partial charge in [-0.2, -0.15) is 5.10 Å². The van der Waals surface area contributed by atoms with Crippen LogP contribution in [0.2, 0.25) is 0 Å². The van der Waals surface area contributed by atoms with Crippen LogP contribution in [0, 0.1) is 13.8 Å². The SMILES string of the molecule is Cc1n[nH]c(C)c1CC(=O)N[C@H]1CCCN(c2ccccn2)C1. The van der Waals surface area contributed by atoms with Gasteiger partial charge in [0.05, 0.1) is 12.1 Å². The van der Waals surface area contributed by atoms with Crippen molar-refractivity contribution in [3.05, 3.63) is 41.3 Å². The topological polar surface area (TPSA) is 73.9 Å². The lowest BCUT2D eigenvalue weighted by Crippen LogP contribution is -2.48. The maximum Gasteiger partial charge on any atom is 0.224 e. The smallest absolute Gasteiger partial charge is 0.224 e. The van der Waals surface area contributed by atoms with E-state index in [4.69, 9.17) is 0 Å². The van der Waals surface area contributed by atoms with E-state index in [1.165, 1.54) is 0 Å². The predicted molar refractivity (Wildman–Crippen MR) is 89.4 cm³/mol. The monoisotopic (exact) mass is 313 g/mol. The van der Waals surface area contributed by atoms with Crippen LogP contribution in [0.15, 0.2) is 24.4 Å². The molecule has 6 nitrogen and oxygen atoms in total. The number of nitrogens with one attached hydrogen (secondary N) is 2. The Hall–Kier alpha value is -2.37. The fourth-order valence-electron chi connectivity index (χ4n) is 3.12. The molecule has 122 valence electrons. The normalized spacial score (nSPS) is 18.0. The molecular formula is C17H23N5O. The van der Waals surface area contributed by atoms with E-state index in [-0.39, 0.29) is 11.9 Å². The molecular weight excluding hydrogens is 290 g/mol. The summed E-state index contributed by atoms with van der Waals surface area (Å²) in [5.74, 6) is 1.04. The average Bonchev–Trinajstić information content (AvgIpc) is 2.88. The van der Waals surface area contributed by atoms with Crippen molar-refractivity contribution in [2.24, 2.45) is 0 Å². The van der Waals surface area contributed by atoms with Crippen molar-refractivity contribution in [1.29, 1.82) is 0 Å². The van der Waals surface area contributed by atoms with Crippen molar-refractivity contribution >= 4 is 11.7 Å². The molecule has 0 radical (unpaired) electrons. The quantitative estimate of drug-likeness (QED) is 0.902. The number of nitrogens with zero attached hydrogens (tertiary/aromatic N) is 3. The summed E-state index contributed by atoms with van der Waals surface area (Å²) in [7, 11) is 0. The Morgan fingerprint density at radius 3 is 3.00 bits per heavy atom. The van der Waals surface area contributed by atoms with Gasteiger partial charge < -0.3 is 10.2 Å². The summed E-state index contributed by atoms with van der Waals surface area (Å²) in [6.07, 6.45) is 4.26. The number of amides is 1. The van der Waals surface area contributed by atoms with E-state index in [9.17, 15) is 4.79 Å². The highest BCUT2D eigenvalue weighted by Gasteiger charge is 2.22. The van der Waals surface area contributed by atoms with Gasteiger partial charge in [-0.15, -0.1) is 0 Å². The molecule has 0 saturated carbocycles. The lowest BCUT2D eigenvalue weighted by atomic mass is 10.0. The number of aromatic nitrogens is 3. The van der Waals surface area contributed by atoms with Gasteiger partial charge in [-0.05, 0) is 38.8 Å². The largest absolute Gasteiger partial charge is 0.355 e. The molecule has 2 N–H and O–H groups in total. The summed E-state index contributed by atoms with van der Waals surface area (Å²) in [6, 6.07) is 6.10. The Labute approximate surface area is 136 Å². The minimum Gasteiger partial charge on any atom is -0.355 e. The minimum absolute atomic E-state index is 0.0606. The van der Waals surface area contributed by atoms with Gasteiger partial charge in [-0.25, -0.2) is 4.98 Å². The van der Waals surface area contributed by atoms with Crippen LogP contribution in [-0.4, -0.2) is 40.2 Å². The van der Waals surface area contributed by atoms with E-state index in [2.05, 4.69) is 25.4 Å². The second kappa shape index (κ2) is 6.81. The predicted octanol–water partition coefficient (Wildman–Crippen LogP) is 1.75. The second-order valence-corrected chi connectivity index (χ2v) is 6.13. The highest BCUT2D eigenvalue weighted by Crippen LogP contribution is 2.17. The molecule has 0 unspecified atom stereocenters. The number of hydrogen-bond donors (Lipinski definition) is 2. The Bertz CT molecular complexity index is 647. The fraction of sp³-hybridized carbons (Fsp3) is 0.471. The van der Waals surface area contributed by atoms with E-state index in [0.717, 1.165) is 48.7 Å². The number of carbonyl (C=O) groups excluding carboxylic acids is 1. The molecule has 1 amide bonds. The summed E-state index contributed by atoms with van der Waals surface area (Å²) in [6.45, 7) is 5.68. The average molecular weight is 313 g/mol. The van der Waals surface area contributed by atoms with Crippen molar-refractivity contribution in [2.75, 3.05) is 18.0 Å². The molecule has 2 aromatic heterocycles. The lowest BCUT2D eigenvalue weighted by molar-refractivity contribution is -0.121. The first-order chi connectivity index (χ1) is 11.1. The number of hydrogen-bond acceptors (Lipinski definition) is 4. The zero-order valence-corrected chi connectivity index (χ0v) is 13.7. The third kappa shape index (κ3) is 3.70. The van der Waals surface area contributed by atoms with Crippen LogP contribution in [0.3, 0.4) is 0 Å². The van der Waals surface area contributed by atoms with Gasteiger partial charge in [0.1, 0.15) is 5.82 Å². The van der Waals surface area contributed by atoms with Crippen molar-refractivity contribution in [2.45, 2.75) is 39.2 Å². The number of anilines is 1. The highest BCUT2D eigenvalue weighted by atomic mass is 16.1. The van der Waals surface area contributed by atoms with E-state index in [1.54, 1.807) is 0 Å². The van der Waals surface area contributed by atoms with Crippen molar-refractivity contribution < 1.29 is 4.79 Å². The van der Waals surface area contributed by atoms with E-state index in [0.29, 0.717) is 6.42 Å². The number of carbonyl (C=O) groups is 1. The first-order valence-corrected chi connectivity index (χ1v) is 8.09. The third-order valence-electron chi connectivity index (χ3n) is 4.38. The maximum absolute atomic E-state index is 12.3. The van der Waals surface area contributed by atoms with Crippen molar-refractivity contribution in [3.63, 3.8) is 0 Å². The number of aryl methyl sites for hydroxylation is 2. The molecule has 3 heterocycles. The van der Waals surface area contributed by atoms with Crippen LogP contribution in [-0.2, 0) is 11.2 Å². The van der Waals surface area contributed by atoms with E-state index >= 15 is 0 Å². The van der Waals surface area contributed by atoms with Crippen LogP contribution < -0.4 is 10.2 Å². The summed E-state index contributed by atoms with van der Waals surface area (Å²) >= 11 is 0. The standard InChI is InChI=1S/C17H23N5O/c1-12-15(13(2)21-20-12)10-17(23)19-14-6-5-9-22(11-14)16-7-3-4-8-18-16/h3-4,7-8,14H,5-6,9-11H2,1-2H3,(H,19,23)(H,20,21)/t14-/m0/s1. The molecule has 1 saturated heterocycles. The number of pyridine rings is 1. The molecule has 1 aliphatic rings. The first kappa shape index (κ1) is 15.5. The molecule has 1 fully saturated rings. The Morgan fingerprint density at radius 1 is 1.43 bits per heavy atom. The van der Waals surface area contributed by atoms with Crippen molar-refractivity contribution in [3.8, 4) is 0 Å². The summed E-state index contributed by atoms with van der Waals surface area (Å²) < 4.78 is 0. The second-order valence-electron chi connectivity index (χ2n) is 6.13. The van der Waals surface area contributed by atoms with E-state index < -0.39 is 0 Å². The van der Waals surface area contributed by atoms with Gasteiger partial charge in [-0.1, -0.05) is 6.07 Å². The molecule has 0 aromatic carbocycles.